The van der Waals surface area contributed by atoms with Gasteiger partial charge in [-0.1, -0.05) is 52.0 Å². The minimum atomic E-state index is 0.947. The predicted octanol–water partition coefficient (Wildman–Crippen LogP) is 8.72. The van der Waals surface area contributed by atoms with Crippen LogP contribution in [-0.4, -0.2) is 19.9 Å². The molecule has 4 aliphatic rings. The quantitative estimate of drug-likeness (QED) is 0.312. The van der Waals surface area contributed by atoms with E-state index in [-0.39, 0.29) is 0 Å². The van der Waals surface area contributed by atoms with Crippen molar-refractivity contribution in [2.24, 2.45) is 0 Å². The van der Waals surface area contributed by atoms with Crippen molar-refractivity contribution in [3.8, 4) is 0 Å². The zero-order valence-electron chi connectivity index (χ0n) is 21.5. The van der Waals surface area contributed by atoms with E-state index in [0.29, 0.717) is 0 Å². The van der Waals surface area contributed by atoms with Gasteiger partial charge in [0.2, 0.25) is 0 Å². The van der Waals surface area contributed by atoms with Crippen LogP contribution in [-0.2, 0) is 0 Å². The number of rotatable bonds is 4. The molecule has 4 aliphatic heterocycles. The Morgan fingerprint density at radius 2 is 0.917 bits per heavy atom. The van der Waals surface area contributed by atoms with E-state index in [1.807, 2.05) is 0 Å². The highest BCUT2D eigenvalue weighted by atomic mass is 14.8. The van der Waals surface area contributed by atoms with Crippen molar-refractivity contribution in [1.82, 2.24) is 19.9 Å². The highest BCUT2D eigenvalue weighted by molar-refractivity contribution is 6.00. The molecule has 0 aliphatic carbocycles. The molecule has 1 aromatic heterocycles. The molecule has 2 aromatic rings. The number of fused-ring (bicyclic) bond motifs is 7. The number of H-pyrrole nitrogens is 2. The van der Waals surface area contributed by atoms with Gasteiger partial charge in [0.1, 0.15) is 0 Å². The van der Waals surface area contributed by atoms with Crippen molar-refractivity contribution in [2.45, 2.75) is 53.4 Å². The van der Waals surface area contributed by atoms with Gasteiger partial charge in [-0.2, -0.15) is 0 Å². The number of benzene rings is 1. The first-order valence-corrected chi connectivity index (χ1v) is 13.2. The number of nitrogens with one attached hydrogen (secondary N) is 2. The van der Waals surface area contributed by atoms with Crippen LogP contribution >= 0.6 is 0 Å². The molecule has 0 fully saturated rings. The highest BCUT2D eigenvalue weighted by Gasteiger charge is 2.26. The average molecular weight is 473 g/mol. The third kappa shape index (κ3) is 3.51. The zero-order valence-corrected chi connectivity index (χ0v) is 21.5. The van der Waals surface area contributed by atoms with Crippen LogP contribution in [0.2, 0.25) is 0 Å². The molecule has 0 amide bonds. The molecule has 5 heterocycles. The lowest BCUT2D eigenvalue weighted by Crippen LogP contribution is -1.95. The second-order valence-electron chi connectivity index (χ2n) is 9.51. The smallest absolute Gasteiger partial charge is 0.0932 e. The summed E-state index contributed by atoms with van der Waals surface area (Å²) in [6.07, 6.45) is 12.4. The van der Waals surface area contributed by atoms with Crippen molar-refractivity contribution >= 4 is 57.6 Å². The van der Waals surface area contributed by atoms with Gasteiger partial charge in [-0.05, 0) is 84.4 Å². The first-order chi connectivity index (χ1) is 17.6. The molecule has 0 saturated carbocycles. The molecule has 180 valence electrons. The summed E-state index contributed by atoms with van der Waals surface area (Å²) in [5.74, 6) is 0. The summed E-state index contributed by atoms with van der Waals surface area (Å²) < 4.78 is 0. The van der Waals surface area contributed by atoms with Gasteiger partial charge in [-0.15, -0.1) is 0 Å². The Morgan fingerprint density at radius 3 is 1.31 bits per heavy atom. The van der Waals surface area contributed by atoms with Crippen LogP contribution < -0.4 is 0 Å². The average Bonchev–Trinajstić information content (AvgIpc) is 3.46. The molecule has 4 heteroatoms. The van der Waals surface area contributed by atoms with Gasteiger partial charge in [-0.25, -0.2) is 9.97 Å². The Balaban J connectivity index is 1.77. The molecule has 36 heavy (non-hydrogen) atoms. The van der Waals surface area contributed by atoms with E-state index < -0.39 is 0 Å². The third-order valence-electron chi connectivity index (χ3n) is 7.56. The topological polar surface area (TPSA) is 57.4 Å². The van der Waals surface area contributed by atoms with E-state index in [2.05, 4.69) is 98.4 Å². The summed E-state index contributed by atoms with van der Waals surface area (Å²) in [5, 5.41) is 0. The van der Waals surface area contributed by atoms with Crippen LogP contribution in [0.5, 0.6) is 0 Å². The van der Waals surface area contributed by atoms with Crippen LogP contribution in [0.1, 0.15) is 98.7 Å². The van der Waals surface area contributed by atoms with Gasteiger partial charge in [0, 0.05) is 22.5 Å². The molecule has 0 spiro atoms. The lowest BCUT2D eigenvalue weighted by molar-refractivity contribution is 1.14. The summed E-state index contributed by atoms with van der Waals surface area (Å²) in [7, 11) is 0. The molecule has 0 radical (unpaired) electrons. The first-order valence-electron chi connectivity index (χ1n) is 13.2. The Kier molecular flexibility index (Phi) is 5.60. The maximum absolute atomic E-state index is 5.21. The first kappa shape index (κ1) is 22.5. The lowest BCUT2D eigenvalue weighted by atomic mass is 9.95. The number of aromatic amines is 2. The molecule has 0 unspecified atom stereocenters. The van der Waals surface area contributed by atoms with Crippen LogP contribution in [0.15, 0.2) is 36.4 Å². The normalized spacial score (nSPS) is 14.7. The summed E-state index contributed by atoms with van der Waals surface area (Å²) in [6, 6.07) is 13.0. The van der Waals surface area contributed by atoms with Gasteiger partial charge < -0.3 is 9.97 Å². The molecule has 6 rings (SSSR count). The van der Waals surface area contributed by atoms with Crippen molar-refractivity contribution in [3.05, 3.63) is 81.7 Å². The van der Waals surface area contributed by atoms with Gasteiger partial charge in [0.15, 0.2) is 0 Å². The molecule has 0 atom stereocenters. The maximum Gasteiger partial charge on any atom is 0.0932 e. The van der Waals surface area contributed by atoms with Crippen LogP contribution in [0, 0.1) is 0 Å². The number of hydrogen-bond donors (Lipinski definition) is 2. The van der Waals surface area contributed by atoms with Crippen molar-refractivity contribution in [3.63, 3.8) is 0 Å². The van der Waals surface area contributed by atoms with Crippen LogP contribution in [0.25, 0.3) is 57.6 Å². The predicted molar refractivity (Wildman–Crippen MR) is 154 cm³/mol. The Labute approximate surface area is 212 Å². The number of nitrogens with zero attached hydrogens (tertiary/aromatic N) is 2. The molecular formula is C32H32N4. The highest BCUT2D eigenvalue weighted by Crippen LogP contribution is 2.42. The fourth-order valence-corrected chi connectivity index (χ4v) is 5.77. The third-order valence-corrected chi connectivity index (χ3v) is 7.56. The molecule has 2 N–H and O–H groups in total. The summed E-state index contributed by atoms with van der Waals surface area (Å²) in [5.41, 5.74) is 16.2. The minimum Gasteiger partial charge on any atom is -0.353 e. The van der Waals surface area contributed by atoms with Crippen LogP contribution in [0.3, 0.4) is 0 Å². The second kappa shape index (κ2) is 8.94. The minimum absolute atomic E-state index is 0.947. The van der Waals surface area contributed by atoms with Gasteiger partial charge in [0.05, 0.1) is 33.8 Å². The fraction of sp³-hybridized carbons (Fsp3) is 0.250. The number of aromatic nitrogens is 4. The molecule has 1 aromatic carbocycles. The largest absolute Gasteiger partial charge is 0.353 e. The van der Waals surface area contributed by atoms with E-state index in [4.69, 9.17) is 9.97 Å². The zero-order chi connectivity index (χ0) is 24.8. The molecule has 8 bridgehead atoms. The summed E-state index contributed by atoms with van der Waals surface area (Å²) in [4.78, 5) is 17.8. The van der Waals surface area contributed by atoms with Crippen molar-refractivity contribution in [1.29, 1.82) is 0 Å². The Hall–Kier alpha value is -3.92. The molecule has 0 saturated heterocycles. The van der Waals surface area contributed by atoms with Crippen molar-refractivity contribution < 1.29 is 0 Å². The number of allylic oxidation sites excluding steroid dienone is 4. The fourth-order valence-electron chi connectivity index (χ4n) is 5.77. The summed E-state index contributed by atoms with van der Waals surface area (Å²) >= 11 is 0. The van der Waals surface area contributed by atoms with Crippen molar-refractivity contribution in [2.75, 3.05) is 0 Å². The van der Waals surface area contributed by atoms with Gasteiger partial charge in [0.25, 0.3) is 0 Å². The second-order valence-corrected chi connectivity index (χ2v) is 9.51. The summed E-state index contributed by atoms with van der Waals surface area (Å²) in [6.45, 7) is 8.92. The van der Waals surface area contributed by atoms with E-state index >= 15 is 0 Å². The SMILES string of the molecule is CCC1=C(CC)c2nc1ccc1[nH]c3c(ccc4c3[nH]c(ccc3nc2C(CC)=C3CC)C=C4)C=C1. The Morgan fingerprint density at radius 1 is 0.500 bits per heavy atom. The van der Waals surface area contributed by atoms with Gasteiger partial charge >= 0.3 is 0 Å². The lowest BCUT2D eigenvalue weighted by Gasteiger charge is -2.12. The van der Waals surface area contributed by atoms with E-state index in [1.54, 1.807) is 0 Å². The van der Waals surface area contributed by atoms with E-state index in [9.17, 15) is 0 Å². The Bertz CT molecular complexity index is 1500. The maximum atomic E-state index is 5.21. The molecular weight excluding hydrogens is 440 g/mol. The standard InChI is InChI=1S/C32H32N4/c1-5-23-25(7-3)31-32-26(8-4)24(6-2)28(36-32)18-16-22-14-12-20-10-9-19-11-13-21(15-17-27(23)35-31)33-29(19)30(20)34-22/h9-18,33-34H,5-8H2,1-4H3. The molecule has 4 nitrogen and oxygen atoms in total. The van der Waals surface area contributed by atoms with Crippen LogP contribution in [0.4, 0.5) is 0 Å². The number of hydrogen-bond acceptors (Lipinski definition) is 2. The van der Waals surface area contributed by atoms with Gasteiger partial charge in [-0.3, -0.25) is 0 Å². The van der Waals surface area contributed by atoms with E-state index in [0.717, 1.165) is 70.9 Å². The monoisotopic (exact) mass is 472 g/mol. The van der Waals surface area contributed by atoms with E-state index in [1.165, 1.54) is 33.4 Å².